The molecule has 2 rings (SSSR count). The minimum absolute atomic E-state index is 0.247. The largest absolute Gasteiger partial charge is 0.508 e. The molecule has 0 saturated carbocycles. The van der Waals surface area contributed by atoms with Gasteiger partial charge in [0.1, 0.15) is 17.2 Å². The zero-order valence-corrected chi connectivity index (χ0v) is 12.0. The van der Waals surface area contributed by atoms with Gasteiger partial charge in [0.05, 0.1) is 0 Å². The third-order valence-corrected chi connectivity index (χ3v) is 3.56. The van der Waals surface area contributed by atoms with Crippen LogP contribution in [0.25, 0.3) is 0 Å². The molecule has 0 spiro atoms. The number of aromatic hydroxyl groups is 1. The normalized spacial score (nSPS) is 10.4. The Bertz CT molecular complexity index is 564. The highest BCUT2D eigenvalue weighted by molar-refractivity contribution is 9.10. The minimum atomic E-state index is 0.247. The van der Waals surface area contributed by atoms with Gasteiger partial charge in [-0.2, -0.15) is 0 Å². The van der Waals surface area contributed by atoms with Gasteiger partial charge in [-0.15, -0.1) is 0 Å². The maximum atomic E-state index is 9.63. The lowest BCUT2D eigenvalue weighted by Gasteiger charge is -2.09. The van der Waals surface area contributed by atoms with Gasteiger partial charge >= 0.3 is 0 Å². The van der Waals surface area contributed by atoms with Crippen molar-refractivity contribution < 1.29 is 9.84 Å². The van der Waals surface area contributed by atoms with Crippen LogP contribution in [0.2, 0.25) is 0 Å². The molecule has 2 aromatic rings. The average Bonchev–Trinajstić information content (AvgIpc) is 2.34. The van der Waals surface area contributed by atoms with Gasteiger partial charge in [-0.3, -0.25) is 0 Å². The fourth-order valence-corrected chi connectivity index (χ4v) is 2.31. The molecule has 18 heavy (non-hydrogen) atoms. The molecular weight excluding hydrogens is 292 g/mol. The smallest absolute Gasteiger partial charge is 0.131 e. The average molecular weight is 307 g/mol. The van der Waals surface area contributed by atoms with E-state index in [1.54, 1.807) is 6.07 Å². The van der Waals surface area contributed by atoms with E-state index >= 15 is 0 Å². The molecule has 0 aliphatic carbocycles. The number of hydrogen-bond donors (Lipinski definition) is 1. The molecule has 0 amide bonds. The van der Waals surface area contributed by atoms with Crippen LogP contribution in [-0.4, -0.2) is 5.11 Å². The van der Waals surface area contributed by atoms with Crippen LogP contribution in [0.1, 0.15) is 18.1 Å². The second-order valence-electron chi connectivity index (χ2n) is 4.16. The molecule has 0 aliphatic heterocycles. The van der Waals surface area contributed by atoms with Crippen molar-refractivity contribution in [3.63, 3.8) is 0 Å². The van der Waals surface area contributed by atoms with Gasteiger partial charge in [-0.05, 0) is 42.7 Å². The molecule has 0 aromatic heterocycles. The molecule has 1 N–H and O–H groups in total. The van der Waals surface area contributed by atoms with Gasteiger partial charge in [0, 0.05) is 10.5 Å². The summed E-state index contributed by atoms with van der Waals surface area (Å²) in [5.74, 6) is 1.63. The second kappa shape index (κ2) is 5.44. The Balaban J connectivity index is 2.23. The zero-order chi connectivity index (χ0) is 13.1. The van der Waals surface area contributed by atoms with E-state index in [4.69, 9.17) is 4.74 Å². The molecule has 0 aliphatic rings. The number of phenols is 1. The first-order chi connectivity index (χ1) is 8.60. The summed E-state index contributed by atoms with van der Waals surface area (Å²) in [5, 5.41) is 9.63. The van der Waals surface area contributed by atoms with Crippen LogP contribution in [0, 0.1) is 6.92 Å². The Hall–Kier alpha value is -1.48. The Morgan fingerprint density at radius 2 is 1.78 bits per heavy atom. The minimum Gasteiger partial charge on any atom is -0.508 e. The molecule has 0 fully saturated rings. The highest BCUT2D eigenvalue weighted by atomic mass is 79.9. The van der Waals surface area contributed by atoms with Crippen molar-refractivity contribution in [2.24, 2.45) is 0 Å². The standard InChI is InChI=1S/C15H15BrO2/c1-3-11-5-7-12(8-14(11)16)18-13-6-4-10(2)15(17)9-13/h4-9,17H,3H2,1-2H3. The number of ether oxygens (including phenoxy) is 1. The molecule has 2 aromatic carbocycles. The van der Waals surface area contributed by atoms with Gasteiger partial charge in [0.25, 0.3) is 0 Å². The lowest BCUT2D eigenvalue weighted by Crippen LogP contribution is -1.87. The van der Waals surface area contributed by atoms with Crippen molar-refractivity contribution in [1.82, 2.24) is 0 Å². The predicted octanol–water partition coefficient (Wildman–Crippen LogP) is 4.82. The van der Waals surface area contributed by atoms with Crippen molar-refractivity contribution in [3.8, 4) is 17.2 Å². The lowest BCUT2D eigenvalue weighted by atomic mass is 10.2. The zero-order valence-electron chi connectivity index (χ0n) is 10.4. The summed E-state index contributed by atoms with van der Waals surface area (Å²) < 4.78 is 6.75. The SMILES string of the molecule is CCc1ccc(Oc2ccc(C)c(O)c2)cc1Br. The van der Waals surface area contributed by atoms with Crippen molar-refractivity contribution in [2.45, 2.75) is 20.3 Å². The number of phenolic OH excluding ortho intramolecular Hbond substituents is 1. The molecule has 94 valence electrons. The molecule has 0 bridgehead atoms. The number of rotatable bonds is 3. The number of hydrogen-bond acceptors (Lipinski definition) is 2. The van der Waals surface area contributed by atoms with E-state index in [9.17, 15) is 5.11 Å². The van der Waals surface area contributed by atoms with E-state index in [-0.39, 0.29) is 5.75 Å². The van der Waals surface area contributed by atoms with Crippen LogP contribution in [0.3, 0.4) is 0 Å². The summed E-state index contributed by atoms with van der Waals surface area (Å²) in [6.45, 7) is 3.96. The van der Waals surface area contributed by atoms with Crippen molar-refractivity contribution in [2.75, 3.05) is 0 Å². The number of benzene rings is 2. The Kier molecular flexibility index (Phi) is 3.92. The molecule has 0 saturated heterocycles. The topological polar surface area (TPSA) is 29.5 Å². The van der Waals surface area contributed by atoms with E-state index in [0.29, 0.717) is 5.75 Å². The Morgan fingerprint density at radius 1 is 1.11 bits per heavy atom. The fourth-order valence-electron chi connectivity index (χ4n) is 1.67. The molecular formula is C15H15BrO2. The van der Waals surface area contributed by atoms with E-state index in [0.717, 1.165) is 22.2 Å². The maximum Gasteiger partial charge on any atom is 0.131 e. The van der Waals surface area contributed by atoms with Crippen LogP contribution in [0.5, 0.6) is 17.2 Å². The van der Waals surface area contributed by atoms with Gasteiger partial charge in [0.15, 0.2) is 0 Å². The Morgan fingerprint density at radius 3 is 2.39 bits per heavy atom. The quantitative estimate of drug-likeness (QED) is 0.881. The van der Waals surface area contributed by atoms with Gasteiger partial charge < -0.3 is 9.84 Å². The molecule has 0 unspecified atom stereocenters. The third-order valence-electron chi connectivity index (χ3n) is 2.82. The lowest BCUT2D eigenvalue weighted by molar-refractivity contribution is 0.452. The third kappa shape index (κ3) is 2.85. The molecule has 0 radical (unpaired) electrons. The summed E-state index contributed by atoms with van der Waals surface area (Å²) >= 11 is 3.52. The van der Waals surface area contributed by atoms with Crippen molar-refractivity contribution in [1.29, 1.82) is 0 Å². The Labute approximate surface area is 115 Å². The van der Waals surface area contributed by atoms with E-state index < -0.39 is 0 Å². The monoisotopic (exact) mass is 306 g/mol. The van der Waals surface area contributed by atoms with E-state index in [1.807, 2.05) is 37.3 Å². The fraction of sp³-hybridized carbons (Fsp3) is 0.200. The van der Waals surface area contributed by atoms with Crippen LogP contribution >= 0.6 is 15.9 Å². The summed E-state index contributed by atoms with van der Waals surface area (Å²) in [4.78, 5) is 0. The molecule has 2 nitrogen and oxygen atoms in total. The van der Waals surface area contributed by atoms with Crippen molar-refractivity contribution >= 4 is 15.9 Å². The molecule has 3 heteroatoms. The van der Waals surface area contributed by atoms with Gasteiger partial charge in [-0.1, -0.05) is 35.0 Å². The maximum absolute atomic E-state index is 9.63. The highest BCUT2D eigenvalue weighted by Gasteiger charge is 2.04. The highest BCUT2D eigenvalue weighted by Crippen LogP contribution is 2.30. The molecule has 0 heterocycles. The van der Waals surface area contributed by atoms with Crippen LogP contribution < -0.4 is 4.74 Å². The van der Waals surface area contributed by atoms with Gasteiger partial charge in [-0.25, -0.2) is 0 Å². The first kappa shape index (κ1) is 13.0. The summed E-state index contributed by atoms with van der Waals surface area (Å²) in [5.41, 5.74) is 2.08. The second-order valence-corrected chi connectivity index (χ2v) is 5.01. The van der Waals surface area contributed by atoms with E-state index in [1.165, 1.54) is 5.56 Å². The number of halogens is 1. The van der Waals surface area contributed by atoms with E-state index in [2.05, 4.69) is 22.9 Å². The summed E-state index contributed by atoms with van der Waals surface area (Å²) in [6.07, 6.45) is 0.978. The summed E-state index contributed by atoms with van der Waals surface area (Å²) in [6, 6.07) is 11.2. The predicted molar refractivity (Wildman–Crippen MR) is 76.4 cm³/mol. The summed E-state index contributed by atoms with van der Waals surface area (Å²) in [7, 11) is 0. The first-order valence-corrected chi connectivity index (χ1v) is 6.65. The van der Waals surface area contributed by atoms with Gasteiger partial charge in [0.2, 0.25) is 0 Å². The van der Waals surface area contributed by atoms with Crippen LogP contribution in [-0.2, 0) is 6.42 Å². The van der Waals surface area contributed by atoms with Crippen molar-refractivity contribution in [3.05, 3.63) is 52.0 Å². The van der Waals surface area contributed by atoms with Crippen LogP contribution in [0.4, 0.5) is 0 Å². The first-order valence-electron chi connectivity index (χ1n) is 5.86. The van der Waals surface area contributed by atoms with Crippen LogP contribution in [0.15, 0.2) is 40.9 Å². The molecule has 0 atom stereocenters. The number of aryl methyl sites for hydroxylation is 2.